The normalized spacial score (nSPS) is 21.7. The standard InChI is InChI=1S/C13H21NO3/c1-9(13(16)17)14(11-6-7-11)12(15)8-5-10-3-2-4-10/h9-11H,2-8H2,1H3,(H,16,17). The molecule has 0 aromatic heterocycles. The predicted molar refractivity (Wildman–Crippen MR) is 63.5 cm³/mol. The number of hydrogen-bond acceptors (Lipinski definition) is 2. The number of rotatable bonds is 6. The highest BCUT2D eigenvalue weighted by molar-refractivity contribution is 5.84. The van der Waals surface area contributed by atoms with Crippen molar-refractivity contribution in [2.24, 2.45) is 5.92 Å². The minimum Gasteiger partial charge on any atom is -0.480 e. The molecule has 1 unspecified atom stereocenters. The molecule has 0 heterocycles. The van der Waals surface area contributed by atoms with Gasteiger partial charge < -0.3 is 10.0 Å². The lowest BCUT2D eigenvalue weighted by Gasteiger charge is -2.29. The average Bonchev–Trinajstić information content (AvgIpc) is 2.99. The van der Waals surface area contributed by atoms with Gasteiger partial charge >= 0.3 is 5.97 Å². The van der Waals surface area contributed by atoms with Crippen molar-refractivity contribution in [3.63, 3.8) is 0 Å². The van der Waals surface area contributed by atoms with E-state index < -0.39 is 12.0 Å². The molecular weight excluding hydrogens is 218 g/mol. The first-order valence-electron chi connectivity index (χ1n) is 6.63. The maximum Gasteiger partial charge on any atom is 0.326 e. The third-order valence-electron chi connectivity index (χ3n) is 3.99. The van der Waals surface area contributed by atoms with E-state index in [0.717, 1.165) is 19.3 Å². The molecule has 1 atom stereocenters. The molecule has 0 spiro atoms. The van der Waals surface area contributed by atoms with Crippen LogP contribution >= 0.6 is 0 Å². The highest BCUT2D eigenvalue weighted by atomic mass is 16.4. The number of carboxylic acid groups (broad SMARTS) is 1. The molecular formula is C13H21NO3. The molecule has 96 valence electrons. The highest BCUT2D eigenvalue weighted by Crippen LogP contribution is 2.33. The number of carboxylic acids is 1. The van der Waals surface area contributed by atoms with Crippen LogP contribution in [0.4, 0.5) is 0 Å². The van der Waals surface area contributed by atoms with E-state index in [0.29, 0.717) is 12.3 Å². The summed E-state index contributed by atoms with van der Waals surface area (Å²) in [5.41, 5.74) is 0. The summed E-state index contributed by atoms with van der Waals surface area (Å²) >= 11 is 0. The summed E-state index contributed by atoms with van der Waals surface area (Å²) in [7, 11) is 0. The molecule has 1 amide bonds. The fourth-order valence-corrected chi connectivity index (χ4v) is 2.45. The first-order valence-corrected chi connectivity index (χ1v) is 6.63. The Hall–Kier alpha value is -1.06. The Kier molecular flexibility index (Phi) is 3.69. The SMILES string of the molecule is CC(C(=O)O)N(C(=O)CCC1CCC1)C1CC1. The van der Waals surface area contributed by atoms with Gasteiger partial charge in [0, 0.05) is 12.5 Å². The van der Waals surface area contributed by atoms with Gasteiger partial charge in [0.25, 0.3) is 0 Å². The van der Waals surface area contributed by atoms with E-state index in [1.807, 2.05) is 0 Å². The summed E-state index contributed by atoms with van der Waals surface area (Å²) in [6, 6.07) is -0.480. The molecule has 0 aromatic carbocycles. The van der Waals surface area contributed by atoms with Gasteiger partial charge in [-0.2, -0.15) is 0 Å². The van der Waals surface area contributed by atoms with Gasteiger partial charge in [0.15, 0.2) is 0 Å². The second-order valence-corrected chi connectivity index (χ2v) is 5.38. The highest BCUT2D eigenvalue weighted by Gasteiger charge is 2.38. The van der Waals surface area contributed by atoms with Crippen LogP contribution in [0.5, 0.6) is 0 Å². The fourth-order valence-electron chi connectivity index (χ4n) is 2.45. The second-order valence-electron chi connectivity index (χ2n) is 5.38. The molecule has 2 rings (SSSR count). The van der Waals surface area contributed by atoms with Crippen molar-refractivity contribution in [3.8, 4) is 0 Å². The lowest BCUT2D eigenvalue weighted by atomic mass is 9.82. The van der Waals surface area contributed by atoms with E-state index in [9.17, 15) is 9.59 Å². The smallest absolute Gasteiger partial charge is 0.326 e. The Morgan fingerprint density at radius 1 is 1.29 bits per heavy atom. The van der Waals surface area contributed by atoms with Crippen LogP contribution < -0.4 is 0 Å². The van der Waals surface area contributed by atoms with Crippen LogP contribution in [0.1, 0.15) is 51.9 Å². The number of nitrogens with zero attached hydrogens (tertiary/aromatic N) is 1. The molecule has 4 heteroatoms. The second kappa shape index (κ2) is 5.07. The topological polar surface area (TPSA) is 57.6 Å². The van der Waals surface area contributed by atoms with Crippen LogP contribution in [0, 0.1) is 5.92 Å². The third-order valence-corrected chi connectivity index (χ3v) is 3.99. The van der Waals surface area contributed by atoms with Crippen molar-refractivity contribution < 1.29 is 14.7 Å². The van der Waals surface area contributed by atoms with E-state index >= 15 is 0 Å². The Labute approximate surface area is 102 Å². The van der Waals surface area contributed by atoms with Gasteiger partial charge in [0.2, 0.25) is 5.91 Å². The molecule has 0 aromatic rings. The molecule has 2 aliphatic carbocycles. The van der Waals surface area contributed by atoms with Gasteiger partial charge in [-0.25, -0.2) is 4.79 Å². The zero-order valence-corrected chi connectivity index (χ0v) is 10.4. The number of aliphatic carboxylic acids is 1. The summed E-state index contributed by atoms with van der Waals surface area (Å²) in [6.07, 6.45) is 7.17. The van der Waals surface area contributed by atoms with Gasteiger partial charge in [-0.1, -0.05) is 19.3 Å². The third kappa shape index (κ3) is 2.99. The summed E-state index contributed by atoms with van der Waals surface area (Å²) in [6.45, 7) is 1.61. The van der Waals surface area contributed by atoms with Gasteiger partial charge in [-0.05, 0) is 32.1 Å². The predicted octanol–water partition coefficient (Wildman–Crippen LogP) is 2.03. The lowest BCUT2D eigenvalue weighted by molar-refractivity contribution is -0.150. The quantitative estimate of drug-likeness (QED) is 0.771. The largest absolute Gasteiger partial charge is 0.480 e. The zero-order valence-electron chi connectivity index (χ0n) is 10.4. The average molecular weight is 239 g/mol. The molecule has 17 heavy (non-hydrogen) atoms. The van der Waals surface area contributed by atoms with Crippen LogP contribution in [0.15, 0.2) is 0 Å². The van der Waals surface area contributed by atoms with Crippen molar-refractivity contribution in [1.29, 1.82) is 0 Å². The van der Waals surface area contributed by atoms with Gasteiger partial charge in [-0.3, -0.25) is 4.79 Å². The molecule has 0 radical (unpaired) electrons. The summed E-state index contributed by atoms with van der Waals surface area (Å²) in [5.74, 6) is -0.150. The van der Waals surface area contributed by atoms with Crippen molar-refractivity contribution in [3.05, 3.63) is 0 Å². The Morgan fingerprint density at radius 3 is 2.35 bits per heavy atom. The summed E-state index contributed by atoms with van der Waals surface area (Å²) in [4.78, 5) is 24.7. The molecule has 0 bridgehead atoms. The van der Waals surface area contributed by atoms with E-state index in [-0.39, 0.29) is 11.9 Å². The first kappa shape index (κ1) is 12.4. The fraction of sp³-hybridized carbons (Fsp3) is 0.846. The number of carbonyl (C=O) groups excluding carboxylic acids is 1. The molecule has 2 aliphatic rings. The molecule has 2 fully saturated rings. The minimum absolute atomic E-state index is 0.0364. The van der Waals surface area contributed by atoms with E-state index in [2.05, 4.69) is 0 Å². The van der Waals surface area contributed by atoms with Crippen molar-refractivity contribution in [2.45, 2.75) is 64.0 Å². The van der Waals surface area contributed by atoms with Crippen LogP contribution in [0.2, 0.25) is 0 Å². The summed E-state index contributed by atoms with van der Waals surface area (Å²) < 4.78 is 0. The van der Waals surface area contributed by atoms with Crippen LogP contribution in [-0.2, 0) is 9.59 Å². The summed E-state index contributed by atoms with van der Waals surface area (Å²) in [5, 5.41) is 9.02. The van der Waals surface area contributed by atoms with Crippen molar-refractivity contribution in [2.75, 3.05) is 0 Å². The zero-order chi connectivity index (χ0) is 12.4. The minimum atomic E-state index is -0.895. The maximum atomic E-state index is 12.1. The molecule has 0 saturated heterocycles. The Balaban J connectivity index is 1.85. The maximum absolute atomic E-state index is 12.1. The van der Waals surface area contributed by atoms with E-state index in [1.165, 1.54) is 19.3 Å². The van der Waals surface area contributed by atoms with E-state index in [1.54, 1.807) is 11.8 Å². The van der Waals surface area contributed by atoms with E-state index in [4.69, 9.17) is 5.11 Å². The molecule has 1 N–H and O–H groups in total. The monoisotopic (exact) mass is 239 g/mol. The van der Waals surface area contributed by atoms with Crippen LogP contribution in [-0.4, -0.2) is 34.0 Å². The molecule has 4 nitrogen and oxygen atoms in total. The Bertz CT molecular complexity index is 308. The number of carbonyl (C=O) groups is 2. The molecule has 2 saturated carbocycles. The van der Waals surface area contributed by atoms with Gasteiger partial charge in [0.05, 0.1) is 0 Å². The first-order chi connectivity index (χ1) is 8.09. The van der Waals surface area contributed by atoms with Gasteiger partial charge in [0.1, 0.15) is 6.04 Å². The van der Waals surface area contributed by atoms with Gasteiger partial charge in [-0.15, -0.1) is 0 Å². The van der Waals surface area contributed by atoms with Crippen LogP contribution in [0.3, 0.4) is 0 Å². The van der Waals surface area contributed by atoms with Crippen LogP contribution in [0.25, 0.3) is 0 Å². The lowest BCUT2D eigenvalue weighted by Crippen LogP contribution is -2.44. The van der Waals surface area contributed by atoms with Crippen molar-refractivity contribution in [1.82, 2.24) is 4.90 Å². The molecule has 0 aliphatic heterocycles. The number of hydrogen-bond donors (Lipinski definition) is 1. The Morgan fingerprint density at radius 2 is 1.94 bits per heavy atom. The van der Waals surface area contributed by atoms with Crippen molar-refractivity contribution >= 4 is 11.9 Å². The number of amides is 1.